The van der Waals surface area contributed by atoms with Gasteiger partial charge in [-0.2, -0.15) is 13.2 Å². The zero-order valence-electron chi connectivity index (χ0n) is 12.2. The second-order valence-corrected chi connectivity index (χ2v) is 4.99. The maximum atomic E-state index is 12.8. The smallest absolute Gasteiger partial charge is 0.416 e. The molecule has 0 amide bonds. The molecule has 0 aliphatic carbocycles. The SMILES string of the molecule is CCNC(c1ccc(C(F)(F)F)cc1C)c1ccoc1C. The summed E-state index contributed by atoms with van der Waals surface area (Å²) >= 11 is 0. The van der Waals surface area contributed by atoms with Crippen LogP contribution in [0, 0.1) is 13.8 Å². The van der Waals surface area contributed by atoms with Crippen molar-refractivity contribution in [3.05, 3.63) is 58.5 Å². The number of halogens is 3. The summed E-state index contributed by atoms with van der Waals surface area (Å²) in [6.45, 7) is 6.21. The monoisotopic (exact) mass is 297 g/mol. The fraction of sp³-hybridized carbons (Fsp3) is 0.375. The van der Waals surface area contributed by atoms with Crippen molar-refractivity contribution < 1.29 is 17.6 Å². The third-order valence-electron chi connectivity index (χ3n) is 3.53. The Morgan fingerprint density at radius 3 is 2.33 bits per heavy atom. The Morgan fingerprint density at radius 1 is 1.14 bits per heavy atom. The molecule has 0 saturated heterocycles. The van der Waals surface area contributed by atoms with Crippen molar-refractivity contribution in [2.24, 2.45) is 0 Å². The van der Waals surface area contributed by atoms with Crippen molar-refractivity contribution in [2.75, 3.05) is 6.54 Å². The fourth-order valence-corrected chi connectivity index (χ4v) is 2.46. The molecular formula is C16H18F3NO. The van der Waals surface area contributed by atoms with Crippen molar-refractivity contribution in [1.29, 1.82) is 0 Å². The van der Waals surface area contributed by atoms with Crippen molar-refractivity contribution in [3.8, 4) is 0 Å². The topological polar surface area (TPSA) is 25.2 Å². The average molecular weight is 297 g/mol. The Hall–Kier alpha value is -1.75. The van der Waals surface area contributed by atoms with E-state index in [1.54, 1.807) is 13.2 Å². The summed E-state index contributed by atoms with van der Waals surface area (Å²) in [5.74, 6) is 0.764. The highest BCUT2D eigenvalue weighted by atomic mass is 19.4. The maximum Gasteiger partial charge on any atom is 0.416 e. The highest BCUT2D eigenvalue weighted by Gasteiger charge is 2.31. The molecule has 1 atom stereocenters. The summed E-state index contributed by atoms with van der Waals surface area (Å²) in [5, 5.41) is 3.30. The molecule has 2 aromatic rings. The highest BCUT2D eigenvalue weighted by Crippen LogP contribution is 2.33. The van der Waals surface area contributed by atoms with Gasteiger partial charge in [-0.1, -0.05) is 13.0 Å². The minimum Gasteiger partial charge on any atom is -0.469 e. The van der Waals surface area contributed by atoms with E-state index in [2.05, 4.69) is 5.32 Å². The van der Waals surface area contributed by atoms with Crippen LogP contribution in [0.4, 0.5) is 13.2 Å². The van der Waals surface area contributed by atoms with Crippen LogP contribution in [0.2, 0.25) is 0 Å². The summed E-state index contributed by atoms with van der Waals surface area (Å²) in [7, 11) is 0. The number of rotatable bonds is 4. The number of benzene rings is 1. The first-order chi connectivity index (χ1) is 9.84. The van der Waals surface area contributed by atoms with E-state index in [4.69, 9.17) is 4.42 Å². The van der Waals surface area contributed by atoms with Crippen LogP contribution in [0.1, 0.15) is 41.0 Å². The van der Waals surface area contributed by atoms with E-state index in [0.29, 0.717) is 12.1 Å². The van der Waals surface area contributed by atoms with Gasteiger partial charge in [-0.25, -0.2) is 0 Å². The molecule has 1 N–H and O–H groups in total. The standard InChI is InChI=1S/C16H18F3NO/c1-4-20-15(14-7-8-21-11(14)3)13-6-5-12(9-10(13)2)16(17,18)19/h5-9,15,20H,4H2,1-3H3. The summed E-state index contributed by atoms with van der Waals surface area (Å²) < 4.78 is 43.6. The van der Waals surface area contributed by atoms with Gasteiger partial charge in [0.05, 0.1) is 17.9 Å². The predicted molar refractivity (Wildman–Crippen MR) is 75.1 cm³/mol. The average Bonchev–Trinajstić information content (AvgIpc) is 2.81. The van der Waals surface area contributed by atoms with Crippen LogP contribution in [0.15, 0.2) is 34.9 Å². The van der Waals surface area contributed by atoms with Gasteiger partial charge in [0.25, 0.3) is 0 Å². The van der Waals surface area contributed by atoms with Gasteiger partial charge in [0.2, 0.25) is 0 Å². The van der Waals surface area contributed by atoms with Crippen LogP contribution in [0.3, 0.4) is 0 Å². The fourth-order valence-electron chi connectivity index (χ4n) is 2.46. The van der Waals surface area contributed by atoms with Gasteiger partial charge in [-0.15, -0.1) is 0 Å². The van der Waals surface area contributed by atoms with Crippen LogP contribution in [0.5, 0.6) is 0 Å². The van der Waals surface area contributed by atoms with Gasteiger partial charge in [-0.3, -0.25) is 0 Å². The molecule has 21 heavy (non-hydrogen) atoms. The third kappa shape index (κ3) is 3.29. The van der Waals surface area contributed by atoms with E-state index < -0.39 is 11.7 Å². The second-order valence-electron chi connectivity index (χ2n) is 4.99. The Labute approximate surface area is 122 Å². The van der Waals surface area contributed by atoms with Crippen molar-refractivity contribution >= 4 is 0 Å². The Bertz CT molecular complexity index is 616. The first-order valence-corrected chi connectivity index (χ1v) is 6.79. The lowest BCUT2D eigenvalue weighted by Crippen LogP contribution is -2.23. The summed E-state index contributed by atoms with van der Waals surface area (Å²) in [6.07, 6.45) is -2.73. The van der Waals surface area contributed by atoms with Gasteiger partial charge in [0.1, 0.15) is 5.76 Å². The molecule has 0 aliphatic heterocycles. The van der Waals surface area contributed by atoms with Crippen LogP contribution in [0.25, 0.3) is 0 Å². The number of hydrogen-bond acceptors (Lipinski definition) is 2. The Balaban J connectivity index is 2.45. The second kappa shape index (κ2) is 5.93. The molecule has 1 aromatic heterocycles. The Morgan fingerprint density at radius 2 is 1.86 bits per heavy atom. The molecular weight excluding hydrogens is 279 g/mol. The van der Waals surface area contributed by atoms with Gasteiger partial charge in [-0.05, 0) is 49.7 Å². The summed E-state index contributed by atoms with van der Waals surface area (Å²) in [6, 6.07) is 5.53. The van der Waals surface area contributed by atoms with Gasteiger partial charge < -0.3 is 9.73 Å². The molecule has 1 heterocycles. The Kier molecular flexibility index (Phi) is 4.42. The molecule has 0 saturated carbocycles. The van der Waals surface area contributed by atoms with E-state index in [1.807, 2.05) is 19.9 Å². The van der Waals surface area contributed by atoms with Crippen molar-refractivity contribution in [1.82, 2.24) is 5.32 Å². The summed E-state index contributed by atoms with van der Waals surface area (Å²) in [5.41, 5.74) is 1.76. The minimum atomic E-state index is -4.32. The molecule has 114 valence electrons. The van der Waals surface area contributed by atoms with Crippen LogP contribution >= 0.6 is 0 Å². The lowest BCUT2D eigenvalue weighted by Gasteiger charge is -2.21. The van der Waals surface area contributed by atoms with E-state index in [0.717, 1.165) is 23.0 Å². The molecule has 0 aliphatic rings. The first-order valence-electron chi connectivity index (χ1n) is 6.79. The molecule has 0 radical (unpaired) electrons. The maximum absolute atomic E-state index is 12.8. The number of alkyl halides is 3. The van der Waals surface area contributed by atoms with Gasteiger partial charge in [0.15, 0.2) is 0 Å². The van der Waals surface area contributed by atoms with Gasteiger partial charge in [0, 0.05) is 5.56 Å². The lowest BCUT2D eigenvalue weighted by atomic mass is 9.93. The van der Waals surface area contributed by atoms with E-state index in [9.17, 15) is 13.2 Å². The molecule has 1 unspecified atom stereocenters. The first kappa shape index (κ1) is 15.6. The quantitative estimate of drug-likeness (QED) is 0.891. The predicted octanol–water partition coefficient (Wildman–Crippen LogP) is 4.61. The summed E-state index contributed by atoms with van der Waals surface area (Å²) in [4.78, 5) is 0. The minimum absolute atomic E-state index is 0.170. The molecule has 1 aromatic carbocycles. The number of hydrogen-bond donors (Lipinski definition) is 1. The van der Waals surface area contributed by atoms with Gasteiger partial charge >= 0.3 is 6.18 Å². The third-order valence-corrected chi connectivity index (χ3v) is 3.53. The highest BCUT2D eigenvalue weighted by molar-refractivity contribution is 5.40. The molecule has 0 spiro atoms. The van der Waals surface area contributed by atoms with E-state index in [1.165, 1.54) is 12.1 Å². The van der Waals surface area contributed by atoms with E-state index >= 15 is 0 Å². The zero-order chi connectivity index (χ0) is 15.6. The normalized spacial score (nSPS) is 13.4. The number of aryl methyl sites for hydroxylation is 2. The van der Waals surface area contributed by atoms with Crippen molar-refractivity contribution in [2.45, 2.75) is 33.0 Å². The van der Waals surface area contributed by atoms with Crippen LogP contribution in [-0.4, -0.2) is 6.54 Å². The largest absolute Gasteiger partial charge is 0.469 e. The molecule has 2 nitrogen and oxygen atoms in total. The molecule has 2 rings (SSSR count). The number of nitrogens with one attached hydrogen (secondary N) is 1. The van der Waals surface area contributed by atoms with Crippen LogP contribution in [-0.2, 0) is 6.18 Å². The van der Waals surface area contributed by atoms with E-state index in [-0.39, 0.29) is 6.04 Å². The lowest BCUT2D eigenvalue weighted by molar-refractivity contribution is -0.137. The molecule has 0 bridgehead atoms. The molecule has 5 heteroatoms. The molecule has 0 fully saturated rings. The zero-order valence-corrected chi connectivity index (χ0v) is 12.2. The van der Waals surface area contributed by atoms with Crippen molar-refractivity contribution in [3.63, 3.8) is 0 Å². The number of furan rings is 1. The van der Waals surface area contributed by atoms with Crippen LogP contribution < -0.4 is 5.32 Å².